The number of piperidine rings is 1. The maximum absolute atomic E-state index is 12.0. The Bertz CT molecular complexity index is 683. The maximum atomic E-state index is 12.0. The zero-order valence-electron chi connectivity index (χ0n) is 13.1. The normalized spacial score (nSPS) is 17.0. The van der Waals surface area contributed by atoms with E-state index in [1.54, 1.807) is 21.8 Å². The Morgan fingerprint density at radius 2 is 2.09 bits per heavy atom. The number of likely N-dealkylation sites (tertiary alicyclic amines) is 1. The molecule has 0 atom stereocenters. The predicted molar refractivity (Wildman–Crippen MR) is 82.2 cm³/mol. The van der Waals surface area contributed by atoms with E-state index in [9.17, 15) is 4.79 Å². The van der Waals surface area contributed by atoms with Crippen LogP contribution in [0.3, 0.4) is 0 Å². The van der Waals surface area contributed by atoms with Gasteiger partial charge in [0.25, 0.3) is 5.56 Å². The Kier molecular flexibility index (Phi) is 4.33. The molecule has 1 aliphatic heterocycles. The van der Waals surface area contributed by atoms with Gasteiger partial charge in [0.15, 0.2) is 0 Å². The molecule has 1 fully saturated rings. The molecule has 0 bridgehead atoms. The van der Waals surface area contributed by atoms with Crippen molar-refractivity contribution in [2.45, 2.75) is 32.9 Å². The molecular weight excluding hydrogens is 280 g/mol. The summed E-state index contributed by atoms with van der Waals surface area (Å²) >= 11 is 0. The third-order valence-corrected chi connectivity index (χ3v) is 4.27. The molecule has 1 aliphatic rings. The summed E-state index contributed by atoms with van der Waals surface area (Å²) in [6.45, 7) is 5.51. The van der Waals surface area contributed by atoms with Gasteiger partial charge in [-0.1, -0.05) is 5.21 Å². The van der Waals surface area contributed by atoms with Gasteiger partial charge in [0.2, 0.25) is 0 Å². The highest BCUT2D eigenvalue weighted by Gasteiger charge is 2.20. The molecular formula is C15H22N6O. The van der Waals surface area contributed by atoms with Crippen LogP contribution in [0.4, 0.5) is 0 Å². The Balaban J connectivity index is 1.53. The molecule has 0 N–H and O–H groups in total. The smallest absolute Gasteiger partial charge is 0.256 e. The summed E-state index contributed by atoms with van der Waals surface area (Å²) < 4.78 is 3.48. The van der Waals surface area contributed by atoms with Gasteiger partial charge in [0, 0.05) is 38.1 Å². The van der Waals surface area contributed by atoms with Crippen LogP contribution in [0.5, 0.6) is 0 Å². The molecule has 2 aromatic heterocycles. The lowest BCUT2D eigenvalue weighted by Crippen LogP contribution is -2.36. The molecule has 2 aromatic rings. The van der Waals surface area contributed by atoms with Gasteiger partial charge in [-0.05, 0) is 38.8 Å². The molecule has 0 unspecified atom stereocenters. The summed E-state index contributed by atoms with van der Waals surface area (Å²) in [7, 11) is 1.89. The Hall–Kier alpha value is -2.02. The molecule has 0 aliphatic carbocycles. The molecule has 7 nitrogen and oxygen atoms in total. The minimum atomic E-state index is 0.0805. The van der Waals surface area contributed by atoms with Crippen LogP contribution < -0.4 is 5.56 Å². The van der Waals surface area contributed by atoms with Crippen molar-refractivity contribution in [3.05, 3.63) is 40.3 Å². The van der Waals surface area contributed by atoms with Gasteiger partial charge < -0.3 is 0 Å². The predicted octanol–water partition coefficient (Wildman–Crippen LogP) is 0.592. The number of hydrogen-bond acceptors (Lipinski definition) is 5. The van der Waals surface area contributed by atoms with Crippen molar-refractivity contribution in [2.75, 3.05) is 13.1 Å². The van der Waals surface area contributed by atoms with Crippen molar-refractivity contribution in [1.82, 2.24) is 29.4 Å². The van der Waals surface area contributed by atoms with Crippen molar-refractivity contribution < 1.29 is 0 Å². The molecule has 3 heterocycles. The second kappa shape index (κ2) is 6.39. The standard InChI is InChI=1S/C15H22N6O/c1-12-7-16-11-21(15(12)22)8-13-3-5-20(6-4-13)10-14-9-19(2)18-17-14/h7,9,11,13H,3-6,8,10H2,1-2H3. The summed E-state index contributed by atoms with van der Waals surface area (Å²) in [6, 6.07) is 0. The van der Waals surface area contributed by atoms with Gasteiger partial charge in [-0.15, -0.1) is 5.10 Å². The van der Waals surface area contributed by atoms with Crippen LogP contribution in [0, 0.1) is 12.8 Å². The average Bonchev–Trinajstić information content (AvgIpc) is 2.91. The van der Waals surface area contributed by atoms with Crippen LogP contribution in [0.2, 0.25) is 0 Å². The van der Waals surface area contributed by atoms with Gasteiger partial charge in [-0.25, -0.2) is 4.98 Å². The molecule has 1 saturated heterocycles. The first-order valence-electron chi connectivity index (χ1n) is 7.70. The zero-order valence-corrected chi connectivity index (χ0v) is 13.1. The first kappa shape index (κ1) is 14.9. The van der Waals surface area contributed by atoms with Crippen molar-refractivity contribution in [3.63, 3.8) is 0 Å². The van der Waals surface area contributed by atoms with Crippen molar-refractivity contribution in [1.29, 1.82) is 0 Å². The van der Waals surface area contributed by atoms with Crippen LogP contribution in [0.25, 0.3) is 0 Å². The highest BCUT2D eigenvalue weighted by Crippen LogP contribution is 2.19. The Morgan fingerprint density at radius 1 is 1.32 bits per heavy atom. The van der Waals surface area contributed by atoms with E-state index in [0.29, 0.717) is 11.5 Å². The minimum Gasteiger partial charge on any atom is -0.299 e. The van der Waals surface area contributed by atoms with Gasteiger partial charge in [0.1, 0.15) is 0 Å². The fraction of sp³-hybridized carbons (Fsp3) is 0.600. The first-order valence-corrected chi connectivity index (χ1v) is 7.70. The second-order valence-corrected chi connectivity index (χ2v) is 6.14. The lowest BCUT2D eigenvalue weighted by atomic mass is 9.96. The van der Waals surface area contributed by atoms with Gasteiger partial charge >= 0.3 is 0 Å². The van der Waals surface area contributed by atoms with Crippen molar-refractivity contribution >= 4 is 0 Å². The summed E-state index contributed by atoms with van der Waals surface area (Å²) in [5.41, 5.74) is 1.81. The fourth-order valence-corrected chi connectivity index (χ4v) is 2.99. The maximum Gasteiger partial charge on any atom is 0.256 e. The highest BCUT2D eigenvalue weighted by atomic mass is 16.1. The van der Waals surface area contributed by atoms with E-state index in [4.69, 9.17) is 0 Å². The van der Waals surface area contributed by atoms with Gasteiger partial charge in [-0.2, -0.15) is 0 Å². The summed E-state index contributed by atoms with van der Waals surface area (Å²) in [4.78, 5) is 18.6. The van der Waals surface area contributed by atoms with Crippen LogP contribution in [-0.2, 0) is 20.1 Å². The second-order valence-electron chi connectivity index (χ2n) is 6.14. The summed E-state index contributed by atoms with van der Waals surface area (Å²) in [5.74, 6) is 0.541. The number of aryl methyl sites for hydroxylation is 2. The van der Waals surface area contributed by atoms with E-state index in [1.807, 2.05) is 20.2 Å². The average molecular weight is 302 g/mol. The first-order chi connectivity index (χ1) is 10.6. The zero-order chi connectivity index (χ0) is 15.5. The van der Waals surface area contributed by atoms with Crippen LogP contribution in [0.1, 0.15) is 24.1 Å². The topological polar surface area (TPSA) is 68.8 Å². The SMILES string of the molecule is Cc1cncn(CC2CCN(Cc3cn(C)nn3)CC2)c1=O. The lowest BCUT2D eigenvalue weighted by Gasteiger charge is -2.31. The quantitative estimate of drug-likeness (QED) is 0.827. The Morgan fingerprint density at radius 3 is 2.77 bits per heavy atom. The molecule has 22 heavy (non-hydrogen) atoms. The van der Waals surface area contributed by atoms with E-state index >= 15 is 0 Å². The van der Waals surface area contributed by atoms with E-state index < -0.39 is 0 Å². The molecule has 0 saturated carbocycles. The van der Waals surface area contributed by atoms with Crippen LogP contribution >= 0.6 is 0 Å². The van der Waals surface area contributed by atoms with Gasteiger partial charge in [0.05, 0.1) is 12.0 Å². The molecule has 0 radical (unpaired) electrons. The molecule has 0 amide bonds. The van der Waals surface area contributed by atoms with Crippen molar-refractivity contribution in [3.8, 4) is 0 Å². The largest absolute Gasteiger partial charge is 0.299 e. The third kappa shape index (κ3) is 3.41. The molecule has 0 aromatic carbocycles. The van der Waals surface area contributed by atoms with Crippen molar-refractivity contribution in [2.24, 2.45) is 13.0 Å². The van der Waals surface area contributed by atoms with E-state index in [1.165, 1.54) is 0 Å². The van der Waals surface area contributed by atoms with Crippen LogP contribution in [0.15, 0.2) is 23.5 Å². The molecule has 3 rings (SSSR count). The van der Waals surface area contributed by atoms with Crippen LogP contribution in [-0.4, -0.2) is 42.5 Å². The molecule has 7 heteroatoms. The van der Waals surface area contributed by atoms with Gasteiger partial charge in [-0.3, -0.25) is 18.9 Å². The monoisotopic (exact) mass is 302 g/mol. The van der Waals surface area contributed by atoms with E-state index in [-0.39, 0.29) is 5.56 Å². The summed E-state index contributed by atoms with van der Waals surface area (Å²) in [6.07, 6.45) is 7.44. The van der Waals surface area contributed by atoms with E-state index in [2.05, 4.69) is 20.2 Å². The Labute approximate surface area is 129 Å². The number of rotatable bonds is 4. The minimum absolute atomic E-state index is 0.0805. The van der Waals surface area contributed by atoms with E-state index in [0.717, 1.165) is 44.7 Å². The summed E-state index contributed by atoms with van der Waals surface area (Å²) in [5, 5.41) is 8.10. The number of hydrogen-bond donors (Lipinski definition) is 0. The number of aromatic nitrogens is 5. The number of nitrogens with zero attached hydrogens (tertiary/aromatic N) is 6. The highest BCUT2D eigenvalue weighted by molar-refractivity contribution is 5.00. The molecule has 0 spiro atoms. The third-order valence-electron chi connectivity index (χ3n) is 4.27. The molecule has 118 valence electrons. The fourth-order valence-electron chi connectivity index (χ4n) is 2.99. The lowest BCUT2D eigenvalue weighted by molar-refractivity contribution is 0.164.